The molecule has 0 saturated carbocycles. The summed E-state index contributed by atoms with van der Waals surface area (Å²) in [6, 6.07) is 16.2. The van der Waals surface area contributed by atoms with Crippen LogP contribution in [0.2, 0.25) is 0 Å². The summed E-state index contributed by atoms with van der Waals surface area (Å²) in [6.07, 6.45) is 1.53. The van der Waals surface area contributed by atoms with Gasteiger partial charge >= 0.3 is 0 Å². The Hall–Kier alpha value is -2.05. The highest BCUT2D eigenvalue weighted by atomic mass is 32.2. The molecule has 0 amide bonds. The monoisotopic (exact) mass is 344 g/mol. The van der Waals surface area contributed by atoms with Crippen LogP contribution < -0.4 is 0 Å². The number of hydrogen-bond acceptors (Lipinski definition) is 4. The van der Waals surface area contributed by atoms with Gasteiger partial charge in [0.25, 0.3) is 10.0 Å². The summed E-state index contributed by atoms with van der Waals surface area (Å²) in [5, 5.41) is 5.89. The molecule has 2 aromatic rings. The van der Waals surface area contributed by atoms with Crippen LogP contribution in [0.25, 0.3) is 0 Å². The highest BCUT2D eigenvalue weighted by molar-refractivity contribution is 7.89. The third kappa shape index (κ3) is 3.33. The number of sulfonamides is 1. The topological polar surface area (TPSA) is 49.7 Å². The second kappa shape index (κ2) is 6.60. The molecule has 0 aromatic heterocycles. The van der Waals surface area contributed by atoms with E-state index in [1.54, 1.807) is 24.3 Å². The Balaban J connectivity index is 1.94. The summed E-state index contributed by atoms with van der Waals surface area (Å²) >= 11 is 4.84. The average Bonchev–Trinajstić information content (AvgIpc) is 2.62. The average molecular weight is 344 g/mol. The van der Waals surface area contributed by atoms with Gasteiger partial charge in [0, 0.05) is 5.37 Å². The van der Waals surface area contributed by atoms with Gasteiger partial charge in [0.05, 0.1) is 17.2 Å². The van der Waals surface area contributed by atoms with Crippen LogP contribution in [0.3, 0.4) is 0 Å². The summed E-state index contributed by atoms with van der Waals surface area (Å²) in [5.41, 5.74) is 2.57. The standard InChI is InChI=1S/C17H16N2O2S2/c20-23(21,16-10-8-14(13-22)9-11-16)19-12-4-7-17(18-19)15-5-2-1-3-6-15/h1-3,5-6,8-11,13H,4,7,12H2. The smallest absolute Gasteiger partial charge is 0.200 e. The van der Waals surface area contributed by atoms with Gasteiger partial charge in [0.2, 0.25) is 0 Å². The highest BCUT2D eigenvalue weighted by Crippen LogP contribution is 2.22. The Morgan fingerprint density at radius 1 is 1.04 bits per heavy atom. The molecule has 23 heavy (non-hydrogen) atoms. The quantitative estimate of drug-likeness (QED) is 0.800. The fourth-order valence-electron chi connectivity index (χ4n) is 2.46. The van der Waals surface area contributed by atoms with Crippen molar-refractivity contribution in [3.63, 3.8) is 0 Å². The van der Waals surface area contributed by atoms with Crippen LogP contribution in [0.1, 0.15) is 24.0 Å². The fraction of sp³-hybridized carbons (Fsp3) is 0.176. The van der Waals surface area contributed by atoms with Crippen molar-refractivity contribution in [3.8, 4) is 0 Å². The van der Waals surface area contributed by atoms with Gasteiger partial charge in [-0.3, -0.25) is 0 Å². The summed E-state index contributed by atoms with van der Waals surface area (Å²) in [6.45, 7) is 0.396. The molecule has 0 atom stereocenters. The molecule has 118 valence electrons. The van der Waals surface area contributed by atoms with Crippen molar-refractivity contribution >= 4 is 33.3 Å². The van der Waals surface area contributed by atoms with E-state index in [-0.39, 0.29) is 4.90 Å². The number of nitrogens with zero attached hydrogens (tertiary/aromatic N) is 2. The third-order valence-electron chi connectivity index (χ3n) is 3.69. The maximum absolute atomic E-state index is 12.7. The molecular weight excluding hydrogens is 328 g/mol. The highest BCUT2D eigenvalue weighted by Gasteiger charge is 2.26. The molecule has 0 unspecified atom stereocenters. The van der Waals surface area contributed by atoms with E-state index in [0.29, 0.717) is 6.54 Å². The normalized spacial score (nSPS) is 15.1. The molecular formula is C17H16N2O2S2. The maximum Gasteiger partial charge on any atom is 0.279 e. The van der Waals surface area contributed by atoms with E-state index in [4.69, 9.17) is 12.2 Å². The van der Waals surface area contributed by atoms with E-state index in [1.807, 2.05) is 30.3 Å². The van der Waals surface area contributed by atoms with Crippen LogP contribution in [0.15, 0.2) is 64.6 Å². The summed E-state index contributed by atoms with van der Waals surface area (Å²) < 4.78 is 26.7. The van der Waals surface area contributed by atoms with E-state index in [9.17, 15) is 8.42 Å². The van der Waals surface area contributed by atoms with Crippen molar-refractivity contribution in [1.29, 1.82) is 0 Å². The lowest BCUT2D eigenvalue weighted by Gasteiger charge is -2.25. The first-order valence-corrected chi connectivity index (χ1v) is 9.23. The zero-order chi connectivity index (χ0) is 16.3. The van der Waals surface area contributed by atoms with Crippen LogP contribution in [0.5, 0.6) is 0 Å². The largest absolute Gasteiger partial charge is 0.279 e. The molecule has 4 nitrogen and oxygen atoms in total. The SMILES string of the molecule is O=S(=O)(c1ccc(C=S)cc1)N1CCCC(c2ccccc2)=N1. The molecule has 0 saturated heterocycles. The predicted molar refractivity (Wildman–Crippen MR) is 95.3 cm³/mol. The first kappa shape index (κ1) is 15.8. The van der Waals surface area contributed by atoms with Crippen LogP contribution in [-0.4, -0.2) is 30.5 Å². The molecule has 0 N–H and O–H groups in total. The van der Waals surface area contributed by atoms with Crippen molar-refractivity contribution in [1.82, 2.24) is 4.41 Å². The van der Waals surface area contributed by atoms with Crippen LogP contribution in [-0.2, 0) is 10.0 Å². The van der Waals surface area contributed by atoms with Gasteiger partial charge in [-0.25, -0.2) is 0 Å². The minimum atomic E-state index is -3.63. The van der Waals surface area contributed by atoms with Crippen LogP contribution in [0, 0.1) is 0 Å². The van der Waals surface area contributed by atoms with E-state index < -0.39 is 10.0 Å². The molecule has 6 heteroatoms. The minimum Gasteiger partial charge on any atom is -0.200 e. The minimum absolute atomic E-state index is 0.233. The van der Waals surface area contributed by atoms with Gasteiger partial charge in [-0.15, -0.1) is 0 Å². The molecule has 1 heterocycles. The Kier molecular flexibility index (Phi) is 4.54. The van der Waals surface area contributed by atoms with Crippen molar-refractivity contribution in [3.05, 3.63) is 65.7 Å². The zero-order valence-corrected chi connectivity index (χ0v) is 14.1. The molecule has 0 aliphatic carbocycles. The summed E-state index contributed by atoms with van der Waals surface area (Å²) in [5.74, 6) is 0. The van der Waals surface area contributed by atoms with Crippen molar-refractivity contribution < 1.29 is 8.42 Å². The molecule has 3 rings (SSSR count). The molecule has 1 aliphatic rings. The number of benzene rings is 2. The van der Waals surface area contributed by atoms with E-state index >= 15 is 0 Å². The van der Waals surface area contributed by atoms with Crippen molar-refractivity contribution in [2.24, 2.45) is 5.10 Å². The first-order chi connectivity index (χ1) is 11.1. The first-order valence-electron chi connectivity index (χ1n) is 7.32. The van der Waals surface area contributed by atoms with Crippen LogP contribution >= 0.6 is 12.2 Å². The second-order valence-corrected chi connectivity index (χ2v) is 7.33. The Labute approximate surface area is 141 Å². The number of rotatable bonds is 4. The van der Waals surface area contributed by atoms with Crippen LogP contribution in [0.4, 0.5) is 0 Å². The third-order valence-corrected chi connectivity index (χ3v) is 5.65. The lowest BCUT2D eigenvalue weighted by atomic mass is 10.1. The van der Waals surface area contributed by atoms with Gasteiger partial charge < -0.3 is 0 Å². The lowest BCUT2D eigenvalue weighted by molar-refractivity contribution is 0.410. The van der Waals surface area contributed by atoms with Gasteiger partial charge in [-0.1, -0.05) is 54.7 Å². The van der Waals surface area contributed by atoms with Crippen molar-refractivity contribution in [2.45, 2.75) is 17.7 Å². The second-order valence-electron chi connectivity index (χ2n) is 5.25. The lowest BCUT2D eigenvalue weighted by Crippen LogP contribution is -2.32. The molecule has 0 fully saturated rings. The Morgan fingerprint density at radius 3 is 2.39 bits per heavy atom. The number of hydrogen-bond donors (Lipinski definition) is 0. The van der Waals surface area contributed by atoms with E-state index in [2.05, 4.69) is 5.10 Å². The molecule has 2 aromatic carbocycles. The van der Waals surface area contributed by atoms with Gasteiger partial charge in [-0.2, -0.15) is 17.9 Å². The molecule has 0 spiro atoms. The molecule has 0 radical (unpaired) electrons. The predicted octanol–water partition coefficient (Wildman–Crippen LogP) is 3.22. The number of hydrazone groups is 1. The summed E-state index contributed by atoms with van der Waals surface area (Å²) in [7, 11) is -3.63. The fourth-order valence-corrected chi connectivity index (χ4v) is 3.92. The van der Waals surface area contributed by atoms with Crippen molar-refractivity contribution in [2.75, 3.05) is 6.54 Å². The zero-order valence-electron chi connectivity index (χ0n) is 12.4. The Morgan fingerprint density at radius 2 is 1.74 bits per heavy atom. The van der Waals surface area contributed by atoms with Gasteiger partial charge in [0.15, 0.2) is 0 Å². The maximum atomic E-state index is 12.7. The van der Waals surface area contributed by atoms with E-state index in [0.717, 1.165) is 29.7 Å². The molecule has 0 bridgehead atoms. The van der Waals surface area contributed by atoms with Gasteiger partial charge in [-0.05, 0) is 36.1 Å². The summed E-state index contributed by atoms with van der Waals surface area (Å²) in [4.78, 5) is 0.233. The van der Waals surface area contributed by atoms with Gasteiger partial charge in [0.1, 0.15) is 0 Å². The van der Waals surface area contributed by atoms with E-state index in [1.165, 1.54) is 9.78 Å². The molecule has 1 aliphatic heterocycles. The Bertz CT molecular complexity index is 829. The number of thiocarbonyl (C=S) groups is 1.